The molecule has 184 valence electrons. The van der Waals surface area contributed by atoms with Gasteiger partial charge in [-0.15, -0.1) is 0 Å². The van der Waals surface area contributed by atoms with E-state index in [2.05, 4.69) is 5.32 Å². The SMILES string of the molecule is CC(=O)NCC1OC(COCc2ccccc2)C(OCc2ccccc2)C1OCc1ccccc1. The van der Waals surface area contributed by atoms with Crippen molar-refractivity contribution >= 4 is 5.91 Å². The Morgan fingerprint density at radius 1 is 0.714 bits per heavy atom. The lowest BCUT2D eigenvalue weighted by Gasteiger charge is -2.25. The van der Waals surface area contributed by atoms with Gasteiger partial charge in [-0.2, -0.15) is 0 Å². The highest BCUT2D eigenvalue weighted by atomic mass is 16.6. The highest BCUT2D eigenvalue weighted by Gasteiger charge is 2.46. The molecule has 6 nitrogen and oxygen atoms in total. The fourth-order valence-corrected chi connectivity index (χ4v) is 4.15. The summed E-state index contributed by atoms with van der Waals surface area (Å²) in [6.07, 6.45) is -1.40. The lowest BCUT2D eigenvalue weighted by molar-refractivity contribution is -0.120. The van der Waals surface area contributed by atoms with E-state index in [4.69, 9.17) is 18.9 Å². The minimum absolute atomic E-state index is 0.110. The molecule has 0 saturated carbocycles. The zero-order valence-corrected chi connectivity index (χ0v) is 20.0. The second-order valence-corrected chi connectivity index (χ2v) is 8.67. The predicted molar refractivity (Wildman–Crippen MR) is 133 cm³/mol. The number of nitrogens with one attached hydrogen (secondary N) is 1. The van der Waals surface area contributed by atoms with Gasteiger partial charge in [0.05, 0.1) is 26.4 Å². The molecule has 0 radical (unpaired) electrons. The van der Waals surface area contributed by atoms with Crippen LogP contribution in [0.25, 0.3) is 0 Å². The van der Waals surface area contributed by atoms with Crippen LogP contribution >= 0.6 is 0 Å². The van der Waals surface area contributed by atoms with Crippen molar-refractivity contribution in [1.29, 1.82) is 0 Å². The zero-order chi connectivity index (χ0) is 24.3. The van der Waals surface area contributed by atoms with Crippen molar-refractivity contribution in [3.63, 3.8) is 0 Å². The van der Waals surface area contributed by atoms with E-state index in [1.807, 2.05) is 91.0 Å². The molecule has 0 bridgehead atoms. The van der Waals surface area contributed by atoms with Gasteiger partial charge in [0.2, 0.25) is 5.91 Å². The van der Waals surface area contributed by atoms with Gasteiger partial charge in [-0.05, 0) is 16.7 Å². The summed E-state index contributed by atoms with van der Waals surface area (Å²) in [7, 11) is 0. The fraction of sp³-hybridized carbons (Fsp3) is 0.345. The Hall–Kier alpha value is -3.03. The van der Waals surface area contributed by atoms with E-state index in [-0.39, 0.29) is 30.3 Å². The van der Waals surface area contributed by atoms with Crippen molar-refractivity contribution in [2.45, 2.75) is 51.2 Å². The Balaban J connectivity index is 1.47. The average Bonchev–Trinajstić information content (AvgIpc) is 3.23. The van der Waals surface area contributed by atoms with E-state index in [9.17, 15) is 4.79 Å². The first-order valence-electron chi connectivity index (χ1n) is 12.0. The van der Waals surface area contributed by atoms with Crippen molar-refractivity contribution in [1.82, 2.24) is 5.32 Å². The summed E-state index contributed by atoms with van der Waals surface area (Å²) >= 11 is 0. The molecule has 4 unspecified atom stereocenters. The summed E-state index contributed by atoms with van der Waals surface area (Å²) in [4.78, 5) is 11.6. The molecule has 1 N–H and O–H groups in total. The normalized spacial score (nSPS) is 21.6. The summed E-state index contributed by atoms with van der Waals surface area (Å²) in [5, 5.41) is 2.87. The molecule has 1 aliphatic heterocycles. The molecule has 1 amide bonds. The highest BCUT2D eigenvalue weighted by Crippen LogP contribution is 2.29. The molecule has 1 saturated heterocycles. The molecule has 0 aromatic heterocycles. The van der Waals surface area contributed by atoms with Crippen LogP contribution in [0.1, 0.15) is 23.6 Å². The Morgan fingerprint density at radius 2 is 1.17 bits per heavy atom. The third-order valence-corrected chi connectivity index (χ3v) is 5.92. The molecule has 35 heavy (non-hydrogen) atoms. The standard InChI is InChI=1S/C29H33NO5/c1-22(31)30-17-26-28(33-19-24-13-7-3-8-14-24)29(34-20-25-15-9-4-10-16-25)27(35-26)21-32-18-23-11-5-2-6-12-23/h2-16,26-29H,17-21H2,1H3,(H,30,31). The molecule has 1 fully saturated rings. The summed E-state index contributed by atoms with van der Waals surface area (Å²) in [5.41, 5.74) is 3.24. The van der Waals surface area contributed by atoms with Crippen molar-refractivity contribution in [3.8, 4) is 0 Å². The monoisotopic (exact) mass is 475 g/mol. The zero-order valence-electron chi connectivity index (χ0n) is 20.0. The van der Waals surface area contributed by atoms with E-state index in [0.29, 0.717) is 33.0 Å². The number of hydrogen-bond acceptors (Lipinski definition) is 5. The number of carbonyl (C=O) groups excluding carboxylic acids is 1. The maximum Gasteiger partial charge on any atom is 0.216 e. The first-order valence-corrected chi connectivity index (χ1v) is 12.0. The molecule has 3 aromatic rings. The lowest BCUT2D eigenvalue weighted by atomic mass is 10.1. The van der Waals surface area contributed by atoms with Gasteiger partial charge < -0.3 is 24.3 Å². The number of benzene rings is 3. The Labute approximate surface area is 207 Å². The Bertz CT molecular complexity index is 1020. The maximum absolute atomic E-state index is 11.6. The van der Waals surface area contributed by atoms with Gasteiger partial charge in [0.25, 0.3) is 0 Å². The van der Waals surface area contributed by atoms with Gasteiger partial charge in [0.15, 0.2) is 0 Å². The minimum atomic E-state index is -0.365. The van der Waals surface area contributed by atoms with Crippen LogP contribution in [0.2, 0.25) is 0 Å². The molecule has 1 heterocycles. The third kappa shape index (κ3) is 7.73. The van der Waals surface area contributed by atoms with Crippen molar-refractivity contribution in [2.75, 3.05) is 13.2 Å². The van der Waals surface area contributed by atoms with Crippen LogP contribution in [-0.2, 0) is 43.6 Å². The van der Waals surface area contributed by atoms with Crippen molar-refractivity contribution < 1.29 is 23.7 Å². The number of rotatable bonds is 12. The lowest BCUT2D eigenvalue weighted by Crippen LogP contribution is -2.42. The predicted octanol–water partition coefficient (Wildman–Crippen LogP) is 4.28. The first kappa shape index (κ1) is 25.1. The molecule has 3 aromatic carbocycles. The van der Waals surface area contributed by atoms with Crippen LogP contribution in [0.4, 0.5) is 0 Å². The van der Waals surface area contributed by atoms with Crippen LogP contribution in [0.15, 0.2) is 91.0 Å². The van der Waals surface area contributed by atoms with E-state index in [0.717, 1.165) is 16.7 Å². The van der Waals surface area contributed by atoms with E-state index in [1.54, 1.807) is 0 Å². The van der Waals surface area contributed by atoms with Gasteiger partial charge in [0.1, 0.15) is 24.4 Å². The number of carbonyl (C=O) groups is 1. The maximum atomic E-state index is 11.6. The van der Waals surface area contributed by atoms with Crippen LogP contribution in [0.5, 0.6) is 0 Å². The molecule has 4 atom stereocenters. The van der Waals surface area contributed by atoms with Crippen LogP contribution in [0.3, 0.4) is 0 Å². The van der Waals surface area contributed by atoms with Gasteiger partial charge >= 0.3 is 0 Å². The molecular weight excluding hydrogens is 442 g/mol. The molecule has 1 aliphatic rings. The smallest absolute Gasteiger partial charge is 0.216 e. The topological polar surface area (TPSA) is 66.0 Å². The van der Waals surface area contributed by atoms with E-state index < -0.39 is 0 Å². The van der Waals surface area contributed by atoms with Crippen LogP contribution in [-0.4, -0.2) is 43.5 Å². The summed E-state index contributed by atoms with van der Waals surface area (Å²) in [6.45, 7) is 3.54. The van der Waals surface area contributed by atoms with Crippen molar-refractivity contribution in [2.24, 2.45) is 0 Å². The molecule has 0 spiro atoms. The Morgan fingerprint density at radius 3 is 1.66 bits per heavy atom. The number of amides is 1. The van der Waals surface area contributed by atoms with Gasteiger partial charge in [-0.25, -0.2) is 0 Å². The number of hydrogen-bond donors (Lipinski definition) is 1. The van der Waals surface area contributed by atoms with Crippen LogP contribution < -0.4 is 5.32 Å². The fourth-order valence-electron chi connectivity index (χ4n) is 4.15. The molecule has 4 rings (SSSR count). The van der Waals surface area contributed by atoms with Gasteiger partial charge in [-0.1, -0.05) is 91.0 Å². The van der Waals surface area contributed by atoms with E-state index >= 15 is 0 Å². The molecule has 0 aliphatic carbocycles. The summed E-state index contributed by atoms with van der Waals surface area (Å²) in [5.74, 6) is -0.110. The second kappa shape index (κ2) is 13.2. The minimum Gasteiger partial charge on any atom is -0.374 e. The summed E-state index contributed by atoms with van der Waals surface area (Å²) in [6, 6.07) is 30.1. The quantitative estimate of drug-likeness (QED) is 0.424. The van der Waals surface area contributed by atoms with Crippen LogP contribution in [0, 0.1) is 0 Å². The second-order valence-electron chi connectivity index (χ2n) is 8.67. The average molecular weight is 476 g/mol. The first-order chi connectivity index (χ1) is 17.2. The molecule has 6 heteroatoms. The summed E-state index contributed by atoms with van der Waals surface area (Å²) < 4.78 is 25.2. The molecular formula is C29H33NO5. The van der Waals surface area contributed by atoms with E-state index in [1.165, 1.54) is 6.92 Å². The number of ether oxygens (including phenoxy) is 4. The highest BCUT2D eigenvalue weighted by molar-refractivity contribution is 5.72. The van der Waals surface area contributed by atoms with Crippen molar-refractivity contribution in [3.05, 3.63) is 108 Å². The third-order valence-electron chi connectivity index (χ3n) is 5.92. The van der Waals surface area contributed by atoms with Gasteiger partial charge in [-0.3, -0.25) is 4.79 Å². The largest absolute Gasteiger partial charge is 0.374 e. The Kier molecular flexibility index (Phi) is 9.43. The van der Waals surface area contributed by atoms with Gasteiger partial charge in [0, 0.05) is 13.5 Å².